The molecule has 0 aromatic heterocycles. The Morgan fingerprint density at radius 3 is 2.20 bits per heavy atom. The third kappa shape index (κ3) is 6.87. The van der Waals surface area contributed by atoms with Crippen LogP contribution >= 0.6 is 0 Å². The Kier molecular flexibility index (Phi) is 7.51. The van der Waals surface area contributed by atoms with Crippen molar-refractivity contribution in [3.05, 3.63) is 48.0 Å². The van der Waals surface area contributed by atoms with E-state index in [0.717, 1.165) is 12.1 Å². The van der Waals surface area contributed by atoms with E-state index in [9.17, 15) is 22.8 Å². The van der Waals surface area contributed by atoms with Gasteiger partial charge in [-0.15, -0.1) is 13.2 Å². The first-order chi connectivity index (χ1) is 14.1. The van der Waals surface area contributed by atoms with Gasteiger partial charge in [0, 0.05) is 5.69 Å². The zero-order valence-corrected chi connectivity index (χ0v) is 16.4. The summed E-state index contributed by atoms with van der Waals surface area (Å²) in [5.74, 6) is -0.741. The van der Waals surface area contributed by atoms with Crippen molar-refractivity contribution in [2.24, 2.45) is 0 Å². The highest BCUT2D eigenvalue weighted by Gasteiger charge is 2.31. The number of amides is 1. The quantitative estimate of drug-likeness (QED) is 0.647. The Labute approximate surface area is 170 Å². The minimum absolute atomic E-state index is 0.0958. The third-order valence-electron chi connectivity index (χ3n) is 3.83. The fourth-order valence-electron chi connectivity index (χ4n) is 2.43. The number of alkyl halides is 3. The molecule has 1 atom stereocenters. The number of anilines is 1. The highest BCUT2D eigenvalue weighted by atomic mass is 19.4. The summed E-state index contributed by atoms with van der Waals surface area (Å²) in [5, 5.41) is 2.44. The average Bonchev–Trinajstić information content (AvgIpc) is 2.68. The van der Waals surface area contributed by atoms with Crippen LogP contribution in [0.3, 0.4) is 0 Å². The molecule has 0 heterocycles. The molecule has 0 saturated heterocycles. The summed E-state index contributed by atoms with van der Waals surface area (Å²) in [5.41, 5.74) is 0.822. The lowest BCUT2D eigenvalue weighted by Gasteiger charge is -2.15. The third-order valence-corrected chi connectivity index (χ3v) is 3.83. The SMILES string of the molecule is COc1ccc(CC(=O)OC(C)C(=O)Nc2ccc(OC(F)(F)F)cc2)cc1OC. The number of esters is 1. The molecule has 0 fully saturated rings. The summed E-state index contributed by atoms with van der Waals surface area (Å²) in [6.07, 6.45) is -6.02. The van der Waals surface area contributed by atoms with Crippen molar-refractivity contribution in [3.8, 4) is 17.2 Å². The molecule has 1 N–H and O–H groups in total. The van der Waals surface area contributed by atoms with Crippen LogP contribution in [-0.2, 0) is 20.7 Å². The Morgan fingerprint density at radius 2 is 1.63 bits per heavy atom. The van der Waals surface area contributed by atoms with Gasteiger partial charge in [0.15, 0.2) is 17.6 Å². The molecule has 0 spiro atoms. The van der Waals surface area contributed by atoms with Gasteiger partial charge in [0.05, 0.1) is 20.6 Å². The monoisotopic (exact) mass is 427 g/mol. The van der Waals surface area contributed by atoms with Gasteiger partial charge in [-0.3, -0.25) is 9.59 Å². The van der Waals surface area contributed by atoms with Crippen molar-refractivity contribution < 1.29 is 41.7 Å². The maximum Gasteiger partial charge on any atom is 0.573 e. The molecule has 0 aliphatic rings. The molecule has 7 nitrogen and oxygen atoms in total. The summed E-state index contributed by atoms with van der Waals surface area (Å²) < 4.78 is 55.6. The van der Waals surface area contributed by atoms with Gasteiger partial charge in [-0.05, 0) is 48.9 Å². The molecular formula is C20H20F3NO6. The van der Waals surface area contributed by atoms with Crippen LogP contribution in [0.5, 0.6) is 17.2 Å². The van der Waals surface area contributed by atoms with E-state index in [1.54, 1.807) is 18.2 Å². The van der Waals surface area contributed by atoms with E-state index in [1.165, 1.54) is 33.3 Å². The van der Waals surface area contributed by atoms with E-state index >= 15 is 0 Å². The van der Waals surface area contributed by atoms with Crippen LogP contribution in [0.25, 0.3) is 0 Å². The highest BCUT2D eigenvalue weighted by molar-refractivity contribution is 5.95. The Balaban J connectivity index is 1.90. The molecule has 0 bridgehead atoms. The lowest BCUT2D eigenvalue weighted by Crippen LogP contribution is -2.30. The van der Waals surface area contributed by atoms with Crippen LogP contribution in [0.4, 0.5) is 18.9 Å². The van der Waals surface area contributed by atoms with Crippen LogP contribution in [-0.4, -0.2) is 38.6 Å². The summed E-state index contributed by atoms with van der Waals surface area (Å²) in [6.45, 7) is 1.38. The number of ether oxygens (including phenoxy) is 4. The number of nitrogens with one attached hydrogen (secondary N) is 1. The highest BCUT2D eigenvalue weighted by Crippen LogP contribution is 2.28. The van der Waals surface area contributed by atoms with E-state index in [2.05, 4.69) is 10.1 Å². The zero-order chi connectivity index (χ0) is 22.3. The molecule has 30 heavy (non-hydrogen) atoms. The Morgan fingerprint density at radius 1 is 1.00 bits per heavy atom. The van der Waals surface area contributed by atoms with Gasteiger partial charge in [0.1, 0.15) is 5.75 Å². The van der Waals surface area contributed by atoms with Crippen LogP contribution in [0.1, 0.15) is 12.5 Å². The minimum Gasteiger partial charge on any atom is -0.493 e. The van der Waals surface area contributed by atoms with Gasteiger partial charge < -0.3 is 24.3 Å². The van der Waals surface area contributed by atoms with E-state index in [1.807, 2.05) is 0 Å². The fourth-order valence-corrected chi connectivity index (χ4v) is 2.43. The lowest BCUT2D eigenvalue weighted by molar-refractivity contribution is -0.274. The van der Waals surface area contributed by atoms with Gasteiger partial charge in [-0.25, -0.2) is 0 Å². The van der Waals surface area contributed by atoms with Crippen molar-refractivity contribution >= 4 is 17.6 Å². The second-order valence-corrected chi connectivity index (χ2v) is 6.06. The second-order valence-electron chi connectivity index (χ2n) is 6.06. The Bertz CT molecular complexity index is 883. The number of carbonyl (C=O) groups is 2. The molecule has 0 saturated carbocycles. The second kappa shape index (κ2) is 9.86. The molecule has 1 amide bonds. The maximum absolute atomic E-state index is 12.2. The van der Waals surface area contributed by atoms with Gasteiger partial charge in [-0.1, -0.05) is 6.07 Å². The molecule has 0 aliphatic heterocycles. The predicted octanol–water partition coefficient (Wildman–Crippen LogP) is 3.72. The van der Waals surface area contributed by atoms with E-state index in [0.29, 0.717) is 17.1 Å². The van der Waals surface area contributed by atoms with Crippen LogP contribution < -0.4 is 19.5 Å². The molecule has 10 heteroatoms. The average molecular weight is 427 g/mol. The number of halogens is 3. The molecule has 2 rings (SSSR count). The number of methoxy groups -OCH3 is 2. The number of rotatable bonds is 8. The van der Waals surface area contributed by atoms with Crippen molar-refractivity contribution in [3.63, 3.8) is 0 Å². The topological polar surface area (TPSA) is 83.1 Å². The Hall–Kier alpha value is -3.43. The normalized spacial score (nSPS) is 11.9. The van der Waals surface area contributed by atoms with E-state index in [-0.39, 0.29) is 12.1 Å². The van der Waals surface area contributed by atoms with Gasteiger partial charge in [-0.2, -0.15) is 0 Å². The summed E-state index contributed by atoms with van der Waals surface area (Å²) in [6, 6.07) is 9.50. The summed E-state index contributed by atoms with van der Waals surface area (Å²) in [7, 11) is 2.96. The number of carbonyl (C=O) groups excluding carboxylic acids is 2. The molecule has 0 radical (unpaired) electrons. The molecule has 2 aromatic carbocycles. The van der Waals surface area contributed by atoms with E-state index < -0.39 is 30.1 Å². The van der Waals surface area contributed by atoms with Crippen LogP contribution in [0.15, 0.2) is 42.5 Å². The smallest absolute Gasteiger partial charge is 0.493 e. The molecule has 162 valence electrons. The predicted molar refractivity (Wildman–Crippen MR) is 101 cm³/mol. The standard InChI is InChI=1S/C20H20F3NO6/c1-12(19(26)24-14-5-7-15(8-6-14)30-20(21,22)23)29-18(25)11-13-4-9-16(27-2)17(10-13)28-3/h4-10,12H,11H2,1-3H3,(H,24,26). The zero-order valence-electron chi connectivity index (χ0n) is 16.4. The summed E-state index contributed by atoms with van der Waals surface area (Å²) in [4.78, 5) is 24.3. The largest absolute Gasteiger partial charge is 0.573 e. The van der Waals surface area contributed by atoms with E-state index in [4.69, 9.17) is 14.2 Å². The summed E-state index contributed by atoms with van der Waals surface area (Å²) >= 11 is 0. The molecule has 0 aliphatic carbocycles. The number of hydrogen-bond acceptors (Lipinski definition) is 6. The number of benzene rings is 2. The fraction of sp³-hybridized carbons (Fsp3) is 0.300. The number of hydrogen-bond donors (Lipinski definition) is 1. The van der Waals surface area contributed by atoms with Crippen molar-refractivity contribution in [2.45, 2.75) is 25.8 Å². The molecule has 2 aromatic rings. The lowest BCUT2D eigenvalue weighted by atomic mass is 10.1. The first-order valence-electron chi connectivity index (χ1n) is 8.68. The molecular weight excluding hydrogens is 407 g/mol. The van der Waals surface area contributed by atoms with Crippen LogP contribution in [0.2, 0.25) is 0 Å². The van der Waals surface area contributed by atoms with Crippen molar-refractivity contribution in [1.29, 1.82) is 0 Å². The van der Waals surface area contributed by atoms with Gasteiger partial charge >= 0.3 is 12.3 Å². The minimum atomic E-state index is -4.80. The molecule has 1 unspecified atom stereocenters. The van der Waals surface area contributed by atoms with Gasteiger partial charge in [0.25, 0.3) is 5.91 Å². The first kappa shape index (κ1) is 22.9. The van der Waals surface area contributed by atoms with Gasteiger partial charge in [0.2, 0.25) is 0 Å². The van der Waals surface area contributed by atoms with Crippen molar-refractivity contribution in [1.82, 2.24) is 0 Å². The first-order valence-corrected chi connectivity index (χ1v) is 8.68. The maximum atomic E-state index is 12.2. The van der Waals surface area contributed by atoms with Crippen molar-refractivity contribution in [2.75, 3.05) is 19.5 Å². The van der Waals surface area contributed by atoms with Crippen LogP contribution in [0, 0.1) is 0 Å².